The molecule has 0 fully saturated rings. The van der Waals surface area contributed by atoms with Crippen LogP contribution in [0.15, 0.2) is 48.5 Å². The molecular weight excluding hydrogens is 304 g/mol. The molecule has 21 heavy (non-hydrogen) atoms. The first-order valence-electron chi connectivity index (χ1n) is 6.64. The molecule has 2 aromatic rings. The normalized spacial score (nSPS) is 10.0. The van der Waals surface area contributed by atoms with E-state index < -0.39 is 0 Å². The highest BCUT2D eigenvalue weighted by Crippen LogP contribution is 2.27. The lowest BCUT2D eigenvalue weighted by Gasteiger charge is -2.11. The van der Waals surface area contributed by atoms with Crippen molar-refractivity contribution in [3.8, 4) is 5.75 Å². The molecule has 0 spiro atoms. The molecule has 0 bridgehead atoms. The topological polar surface area (TPSA) is 33.3 Å². The summed E-state index contributed by atoms with van der Waals surface area (Å²) in [6.07, 6.45) is 0.848. The molecular formula is C16H17ClN2OS. The van der Waals surface area contributed by atoms with Crippen LogP contribution in [0.2, 0.25) is 5.02 Å². The number of thiocarbonyl (C=S) groups is 1. The van der Waals surface area contributed by atoms with Crippen molar-refractivity contribution in [1.82, 2.24) is 5.32 Å². The van der Waals surface area contributed by atoms with E-state index >= 15 is 0 Å². The van der Waals surface area contributed by atoms with Crippen LogP contribution in [0.3, 0.4) is 0 Å². The molecule has 0 aliphatic rings. The van der Waals surface area contributed by atoms with Crippen LogP contribution in [0.1, 0.15) is 5.56 Å². The van der Waals surface area contributed by atoms with Crippen LogP contribution in [0.5, 0.6) is 5.75 Å². The molecule has 0 unspecified atom stereocenters. The average Bonchev–Trinajstić information content (AvgIpc) is 2.50. The van der Waals surface area contributed by atoms with E-state index in [1.807, 2.05) is 30.3 Å². The number of hydrogen-bond donors (Lipinski definition) is 2. The van der Waals surface area contributed by atoms with Crippen LogP contribution in [-0.2, 0) is 6.42 Å². The second-order valence-corrected chi connectivity index (χ2v) is 5.25. The van der Waals surface area contributed by atoms with Crippen molar-refractivity contribution < 1.29 is 4.74 Å². The predicted molar refractivity (Wildman–Crippen MR) is 92.4 cm³/mol. The Morgan fingerprint density at radius 2 is 1.95 bits per heavy atom. The summed E-state index contributed by atoms with van der Waals surface area (Å²) in [6.45, 7) is 0.589. The lowest BCUT2D eigenvalue weighted by Crippen LogP contribution is -2.24. The van der Waals surface area contributed by atoms with Gasteiger partial charge in [0.1, 0.15) is 5.75 Å². The Kier molecular flexibility index (Phi) is 5.84. The molecule has 0 saturated carbocycles. The van der Waals surface area contributed by atoms with Crippen molar-refractivity contribution in [1.29, 1.82) is 0 Å². The van der Waals surface area contributed by atoms with Gasteiger partial charge in [-0.3, -0.25) is 0 Å². The van der Waals surface area contributed by atoms with Gasteiger partial charge in [-0.2, -0.15) is 0 Å². The average molecular weight is 321 g/mol. The largest absolute Gasteiger partial charge is 0.492 e. The summed E-state index contributed by atoms with van der Waals surface area (Å²) in [6, 6.07) is 15.7. The Bertz CT molecular complexity index is 604. The van der Waals surface area contributed by atoms with Crippen LogP contribution < -0.4 is 15.4 Å². The molecule has 0 aliphatic heterocycles. The van der Waals surface area contributed by atoms with Gasteiger partial charge in [-0.05, 0) is 36.0 Å². The number of nitrogens with one attached hydrogen (secondary N) is 2. The number of anilines is 1. The summed E-state index contributed by atoms with van der Waals surface area (Å²) >= 11 is 11.3. The number of hydrogen-bond acceptors (Lipinski definition) is 2. The third kappa shape index (κ3) is 4.92. The standard InChI is InChI=1S/C16H17ClN2OS/c1-18-16(21)19-13-7-8-15(14(17)11-13)20-10-9-12-5-3-2-4-6-12/h2-8,11H,9-10H2,1H3,(H2,18,19,21). The fourth-order valence-electron chi connectivity index (χ4n) is 1.81. The summed E-state index contributed by atoms with van der Waals surface area (Å²) in [5, 5.41) is 6.98. The van der Waals surface area contributed by atoms with Gasteiger partial charge in [-0.25, -0.2) is 0 Å². The van der Waals surface area contributed by atoms with Crippen LogP contribution in [-0.4, -0.2) is 18.8 Å². The molecule has 3 nitrogen and oxygen atoms in total. The quantitative estimate of drug-likeness (QED) is 0.819. The number of rotatable bonds is 5. The van der Waals surface area contributed by atoms with Gasteiger partial charge in [0.2, 0.25) is 0 Å². The predicted octanol–water partition coefficient (Wildman–Crippen LogP) is 3.88. The Morgan fingerprint density at radius 3 is 2.62 bits per heavy atom. The van der Waals surface area contributed by atoms with Gasteiger partial charge in [0.25, 0.3) is 0 Å². The summed E-state index contributed by atoms with van der Waals surface area (Å²) < 4.78 is 5.72. The van der Waals surface area contributed by atoms with Gasteiger partial charge >= 0.3 is 0 Å². The molecule has 0 aliphatic carbocycles. The molecule has 110 valence electrons. The third-order valence-corrected chi connectivity index (χ3v) is 3.51. The van der Waals surface area contributed by atoms with Gasteiger partial charge in [0.05, 0.1) is 11.6 Å². The van der Waals surface area contributed by atoms with Crippen molar-refractivity contribution in [2.75, 3.05) is 19.0 Å². The van der Waals surface area contributed by atoms with Crippen LogP contribution in [0, 0.1) is 0 Å². The lowest BCUT2D eigenvalue weighted by atomic mass is 10.2. The van der Waals surface area contributed by atoms with Gasteiger partial charge in [-0.15, -0.1) is 0 Å². The molecule has 0 saturated heterocycles. The van der Waals surface area contributed by atoms with Crippen LogP contribution >= 0.6 is 23.8 Å². The van der Waals surface area contributed by atoms with Crippen molar-refractivity contribution in [2.24, 2.45) is 0 Å². The van der Waals surface area contributed by atoms with E-state index in [2.05, 4.69) is 22.8 Å². The fraction of sp³-hybridized carbons (Fsp3) is 0.188. The van der Waals surface area contributed by atoms with Gasteiger partial charge in [-0.1, -0.05) is 41.9 Å². The van der Waals surface area contributed by atoms with Crippen molar-refractivity contribution in [2.45, 2.75) is 6.42 Å². The maximum atomic E-state index is 6.21. The molecule has 0 aromatic heterocycles. The highest BCUT2D eigenvalue weighted by Gasteiger charge is 2.04. The van der Waals surface area contributed by atoms with Crippen LogP contribution in [0.25, 0.3) is 0 Å². The summed E-state index contributed by atoms with van der Waals surface area (Å²) in [7, 11) is 1.76. The van der Waals surface area contributed by atoms with E-state index in [0.29, 0.717) is 22.5 Å². The second-order valence-electron chi connectivity index (χ2n) is 4.43. The smallest absolute Gasteiger partial charge is 0.170 e. The van der Waals surface area contributed by atoms with E-state index in [4.69, 9.17) is 28.6 Å². The minimum absolute atomic E-state index is 0.545. The minimum Gasteiger partial charge on any atom is -0.492 e. The monoisotopic (exact) mass is 320 g/mol. The number of ether oxygens (including phenoxy) is 1. The van der Waals surface area contributed by atoms with Gasteiger partial charge in [0, 0.05) is 19.2 Å². The van der Waals surface area contributed by atoms with Gasteiger partial charge < -0.3 is 15.4 Å². The maximum Gasteiger partial charge on any atom is 0.170 e. The minimum atomic E-state index is 0.545. The number of halogens is 1. The highest BCUT2D eigenvalue weighted by atomic mass is 35.5. The third-order valence-electron chi connectivity index (χ3n) is 2.91. The first kappa shape index (κ1) is 15.6. The molecule has 0 heterocycles. The number of benzene rings is 2. The van der Waals surface area contributed by atoms with Gasteiger partial charge in [0.15, 0.2) is 5.11 Å². The Morgan fingerprint density at radius 1 is 1.19 bits per heavy atom. The Hall–Kier alpha value is -1.78. The molecule has 2 rings (SSSR count). The van der Waals surface area contributed by atoms with Crippen molar-refractivity contribution >= 4 is 34.6 Å². The summed E-state index contributed by atoms with van der Waals surface area (Å²) in [5.41, 5.74) is 2.07. The Labute approximate surface area is 135 Å². The zero-order valence-electron chi connectivity index (χ0n) is 11.7. The summed E-state index contributed by atoms with van der Waals surface area (Å²) in [4.78, 5) is 0. The maximum absolute atomic E-state index is 6.21. The molecule has 0 atom stereocenters. The molecule has 2 aromatic carbocycles. The van der Waals surface area contributed by atoms with E-state index in [0.717, 1.165) is 12.1 Å². The zero-order chi connectivity index (χ0) is 15.1. The molecule has 2 N–H and O–H groups in total. The highest BCUT2D eigenvalue weighted by molar-refractivity contribution is 7.80. The van der Waals surface area contributed by atoms with E-state index in [1.165, 1.54) is 5.56 Å². The fourth-order valence-corrected chi connectivity index (χ4v) is 2.17. The molecule has 0 amide bonds. The van der Waals surface area contributed by atoms with E-state index in [9.17, 15) is 0 Å². The Balaban J connectivity index is 1.90. The van der Waals surface area contributed by atoms with Crippen LogP contribution in [0.4, 0.5) is 5.69 Å². The zero-order valence-corrected chi connectivity index (χ0v) is 13.3. The first-order chi connectivity index (χ1) is 10.2. The van der Waals surface area contributed by atoms with E-state index in [-0.39, 0.29) is 0 Å². The SMILES string of the molecule is CNC(=S)Nc1ccc(OCCc2ccccc2)c(Cl)c1. The first-order valence-corrected chi connectivity index (χ1v) is 7.42. The van der Waals surface area contributed by atoms with Crippen molar-refractivity contribution in [3.05, 3.63) is 59.1 Å². The second kappa shape index (κ2) is 7.86. The summed E-state index contributed by atoms with van der Waals surface area (Å²) in [5.74, 6) is 0.675. The lowest BCUT2D eigenvalue weighted by molar-refractivity contribution is 0.322. The van der Waals surface area contributed by atoms with Crippen molar-refractivity contribution in [3.63, 3.8) is 0 Å². The van der Waals surface area contributed by atoms with E-state index in [1.54, 1.807) is 13.1 Å². The molecule has 5 heteroatoms. The molecule has 0 radical (unpaired) electrons.